The summed E-state index contributed by atoms with van der Waals surface area (Å²) in [6.45, 7) is 0. The quantitative estimate of drug-likeness (QED) is 0.768. The summed E-state index contributed by atoms with van der Waals surface area (Å²) in [6, 6.07) is 3.93. The van der Waals surface area contributed by atoms with E-state index in [9.17, 15) is 0 Å². The highest BCUT2D eigenvalue weighted by molar-refractivity contribution is 9.11. The van der Waals surface area contributed by atoms with Gasteiger partial charge in [0.1, 0.15) is 0 Å². The molecule has 3 rings (SSSR count). The van der Waals surface area contributed by atoms with Crippen LogP contribution in [0.5, 0.6) is 0 Å². The van der Waals surface area contributed by atoms with Crippen molar-refractivity contribution in [1.29, 1.82) is 0 Å². The number of benzene rings is 1. The van der Waals surface area contributed by atoms with Crippen molar-refractivity contribution < 1.29 is 0 Å². The molecule has 0 saturated heterocycles. The van der Waals surface area contributed by atoms with Crippen LogP contribution in [0.25, 0.3) is 11.4 Å². The van der Waals surface area contributed by atoms with Crippen LogP contribution < -0.4 is 5.73 Å². The van der Waals surface area contributed by atoms with Crippen molar-refractivity contribution >= 4 is 37.5 Å². The first-order valence-corrected chi connectivity index (χ1v) is 8.30. The molecule has 1 aliphatic rings. The average molecular weight is 400 g/mol. The smallest absolute Gasteiger partial charge is 0.160 e. The first-order chi connectivity index (χ1) is 9.56. The van der Waals surface area contributed by atoms with Gasteiger partial charge in [-0.05, 0) is 40.9 Å². The zero-order chi connectivity index (χ0) is 14.3. The fourth-order valence-corrected chi connectivity index (χ4v) is 3.99. The normalized spacial score (nSPS) is 15.9. The lowest BCUT2D eigenvalue weighted by Gasteiger charge is -2.07. The van der Waals surface area contributed by atoms with Crippen LogP contribution in [0.15, 0.2) is 21.1 Å². The van der Waals surface area contributed by atoms with E-state index in [4.69, 9.17) is 10.7 Å². The van der Waals surface area contributed by atoms with Gasteiger partial charge in [0.2, 0.25) is 0 Å². The van der Waals surface area contributed by atoms with Crippen LogP contribution in [-0.4, -0.2) is 14.8 Å². The Hall–Kier alpha value is -0.880. The number of nitrogens with two attached hydrogens (primary N) is 1. The second-order valence-electron chi connectivity index (χ2n) is 5.25. The Morgan fingerprint density at radius 2 is 1.95 bits per heavy atom. The number of nitrogens with zero attached hydrogens (tertiary/aromatic N) is 3. The van der Waals surface area contributed by atoms with Gasteiger partial charge >= 0.3 is 0 Å². The van der Waals surface area contributed by atoms with Crippen molar-refractivity contribution in [1.82, 2.24) is 14.8 Å². The van der Waals surface area contributed by atoms with Crippen LogP contribution in [0, 0.1) is 0 Å². The Morgan fingerprint density at radius 1 is 1.25 bits per heavy atom. The van der Waals surface area contributed by atoms with Gasteiger partial charge in [-0.25, -0.2) is 9.67 Å². The first kappa shape index (κ1) is 14.1. The second kappa shape index (κ2) is 5.48. The third-order valence-electron chi connectivity index (χ3n) is 3.83. The predicted molar refractivity (Wildman–Crippen MR) is 87.5 cm³/mol. The van der Waals surface area contributed by atoms with E-state index in [1.165, 1.54) is 25.7 Å². The summed E-state index contributed by atoms with van der Waals surface area (Å²) in [4.78, 5) is 4.74. The van der Waals surface area contributed by atoms with E-state index in [-0.39, 0.29) is 0 Å². The molecule has 4 nitrogen and oxygen atoms in total. The number of hydrogen-bond donors (Lipinski definition) is 1. The lowest BCUT2D eigenvalue weighted by Crippen LogP contribution is -1.99. The van der Waals surface area contributed by atoms with Gasteiger partial charge in [-0.2, -0.15) is 5.10 Å². The van der Waals surface area contributed by atoms with Gasteiger partial charge in [-0.15, -0.1) is 0 Å². The van der Waals surface area contributed by atoms with E-state index in [0.29, 0.717) is 11.6 Å². The molecule has 1 saturated carbocycles. The lowest BCUT2D eigenvalue weighted by molar-refractivity contribution is 0.648. The maximum Gasteiger partial charge on any atom is 0.160 e. The Bertz CT molecular complexity index is 645. The number of nitrogen functional groups attached to an aromatic ring is 1. The Kier molecular flexibility index (Phi) is 3.86. The van der Waals surface area contributed by atoms with Gasteiger partial charge < -0.3 is 5.73 Å². The third kappa shape index (κ3) is 2.51. The Labute approximate surface area is 135 Å². The molecule has 0 spiro atoms. The monoisotopic (exact) mass is 398 g/mol. The van der Waals surface area contributed by atoms with E-state index < -0.39 is 0 Å². The van der Waals surface area contributed by atoms with Gasteiger partial charge in [0.05, 0.1) is 5.69 Å². The molecule has 1 fully saturated rings. The molecule has 0 unspecified atom stereocenters. The van der Waals surface area contributed by atoms with Crippen LogP contribution in [-0.2, 0) is 7.05 Å². The van der Waals surface area contributed by atoms with E-state index in [0.717, 1.165) is 26.2 Å². The lowest BCUT2D eigenvalue weighted by atomic mass is 10.1. The fraction of sp³-hybridized carbons (Fsp3) is 0.429. The molecule has 0 amide bonds. The number of aromatic nitrogens is 3. The van der Waals surface area contributed by atoms with Crippen LogP contribution in [0.4, 0.5) is 5.69 Å². The molecule has 6 heteroatoms. The molecule has 0 atom stereocenters. The Morgan fingerprint density at radius 3 is 2.65 bits per heavy atom. The van der Waals surface area contributed by atoms with Crippen molar-refractivity contribution in [2.75, 3.05) is 5.73 Å². The van der Waals surface area contributed by atoms with Crippen molar-refractivity contribution in [2.45, 2.75) is 31.6 Å². The standard InChI is InChI=1S/C14H16Br2N4/c1-20-14(10-6-9(15)7-11(16)12(10)17)18-13(19-20)8-4-2-3-5-8/h6-8H,2-5,17H2,1H3. The molecule has 20 heavy (non-hydrogen) atoms. The molecule has 1 aromatic heterocycles. The molecular formula is C14H16Br2N4. The molecule has 1 aromatic carbocycles. The zero-order valence-corrected chi connectivity index (χ0v) is 14.4. The van der Waals surface area contributed by atoms with E-state index >= 15 is 0 Å². The Balaban J connectivity index is 2.06. The summed E-state index contributed by atoms with van der Waals surface area (Å²) in [7, 11) is 1.93. The molecule has 0 bridgehead atoms. The van der Waals surface area contributed by atoms with Crippen LogP contribution in [0.3, 0.4) is 0 Å². The van der Waals surface area contributed by atoms with Crippen molar-refractivity contribution in [3.8, 4) is 11.4 Å². The minimum absolute atomic E-state index is 0.506. The van der Waals surface area contributed by atoms with Crippen LogP contribution in [0.1, 0.15) is 37.4 Å². The minimum atomic E-state index is 0.506. The van der Waals surface area contributed by atoms with Crippen LogP contribution in [0.2, 0.25) is 0 Å². The van der Waals surface area contributed by atoms with Gasteiger partial charge in [-0.3, -0.25) is 0 Å². The molecule has 106 valence electrons. The summed E-state index contributed by atoms with van der Waals surface area (Å²) in [6.07, 6.45) is 4.95. The zero-order valence-electron chi connectivity index (χ0n) is 11.2. The van der Waals surface area contributed by atoms with Gasteiger partial charge in [0.25, 0.3) is 0 Å². The third-order valence-corrected chi connectivity index (χ3v) is 4.95. The maximum atomic E-state index is 6.17. The van der Waals surface area contributed by atoms with E-state index in [2.05, 4.69) is 37.0 Å². The van der Waals surface area contributed by atoms with Crippen LogP contribution >= 0.6 is 31.9 Å². The summed E-state index contributed by atoms with van der Waals surface area (Å²) < 4.78 is 3.67. The average Bonchev–Trinajstić information content (AvgIpc) is 3.02. The first-order valence-electron chi connectivity index (χ1n) is 6.72. The largest absolute Gasteiger partial charge is 0.397 e. The SMILES string of the molecule is Cn1nc(C2CCCC2)nc1-c1cc(Br)cc(Br)c1N. The highest BCUT2D eigenvalue weighted by Crippen LogP contribution is 2.36. The summed E-state index contributed by atoms with van der Waals surface area (Å²) in [5.41, 5.74) is 7.77. The molecular weight excluding hydrogens is 384 g/mol. The number of hydrogen-bond acceptors (Lipinski definition) is 3. The molecule has 1 aliphatic carbocycles. The molecule has 0 radical (unpaired) electrons. The van der Waals surface area contributed by atoms with Crippen molar-refractivity contribution in [3.63, 3.8) is 0 Å². The number of anilines is 1. The topological polar surface area (TPSA) is 56.7 Å². The van der Waals surface area contributed by atoms with Gasteiger partial charge in [-0.1, -0.05) is 28.8 Å². The number of rotatable bonds is 2. The van der Waals surface area contributed by atoms with E-state index in [1.807, 2.05) is 23.9 Å². The molecule has 2 N–H and O–H groups in total. The number of aryl methyl sites for hydroxylation is 1. The highest BCUT2D eigenvalue weighted by Gasteiger charge is 2.23. The summed E-state index contributed by atoms with van der Waals surface area (Å²) in [5, 5.41) is 4.59. The van der Waals surface area contributed by atoms with Gasteiger partial charge in [0.15, 0.2) is 11.6 Å². The van der Waals surface area contributed by atoms with Crippen molar-refractivity contribution in [3.05, 3.63) is 26.9 Å². The summed E-state index contributed by atoms with van der Waals surface area (Å²) >= 11 is 6.98. The van der Waals surface area contributed by atoms with Gasteiger partial charge in [0, 0.05) is 27.5 Å². The fourth-order valence-electron chi connectivity index (χ4n) is 2.77. The second-order valence-corrected chi connectivity index (χ2v) is 7.02. The minimum Gasteiger partial charge on any atom is -0.397 e. The summed E-state index contributed by atoms with van der Waals surface area (Å²) in [5.74, 6) is 2.29. The predicted octanol–water partition coefficient (Wildman–Crippen LogP) is 4.25. The molecule has 2 aromatic rings. The molecule has 1 heterocycles. The maximum absolute atomic E-state index is 6.17. The van der Waals surface area contributed by atoms with E-state index in [1.54, 1.807) is 0 Å². The highest BCUT2D eigenvalue weighted by atomic mass is 79.9. The molecule has 0 aliphatic heterocycles. The van der Waals surface area contributed by atoms with Crippen molar-refractivity contribution in [2.24, 2.45) is 7.05 Å². The number of halogens is 2.